The molecular formula is C8H15NO3. The van der Waals surface area contributed by atoms with Gasteiger partial charge < -0.3 is 5.11 Å². The van der Waals surface area contributed by atoms with Crippen LogP contribution in [0.2, 0.25) is 0 Å². The van der Waals surface area contributed by atoms with Crippen LogP contribution in [0.15, 0.2) is 0 Å². The third-order valence-corrected chi connectivity index (χ3v) is 2.39. The van der Waals surface area contributed by atoms with Crippen LogP contribution in [0.4, 0.5) is 0 Å². The van der Waals surface area contributed by atoms with Gasteiger partial charge in [-0.25, -0.2) is 5.06 Å². The normalized spacial score (nSPS) is 20.9. The molecule has 1 rings (SSSR count). The molecule has 0 aromatic heterocycles. The number of likely N-dealkylation sites (N-methyl/N-ethyl adjacent to an activating group) is 1. The molecule has 1 N–H and O–H groups in total. The van der Waals surface area contributed by atoms with Gasteiger partial charge in [-0.3, -0.25) is 9.63 Å². The summed E-state index contributed by atoms with van der Waals surface area (Å²) in [6.45, 7) is 0. The van der Waals surface area contributed by atoms with Crippen LogP contribution in [-0.2, 0) is 9.63 Å². The lowest BCUT2D eigenvalue weighted by atomic mass is 10.0. The van der Waals surface area contributed by atoms with E-state index in [4.69, 9.17) is 4.84 Å². The molecule has 1 amide bonds. The average molecular weight is 173 g/mol. The van der Waals surface area contributed by atoms with Crippen molar-refractivity contribution >= 4 is 5.91 Å². The Labute approximate surface area is 72.1 Å². The van der Waals surface area contributed by atoms with Gasteiger partial charge >= 0.3 is 0 Å². The van der Waals surface area contributed by atoms with E-state index in [0.29, 0.717) is 12.8 Å². The van der Waals surface area contributed by atoms with Gasteiger partial charge in [-0.05, 0) is 25.7 Å². The van der Waals surface area contributed by atoms with Crippen molar-refractivity contribution in [2.24, 2.45) is 0 Å². The number of carbonyl (C=O) groups is 1. The Morgan fingerprint density at radius 2 is 2.00 bits per heavy atom. The Morgan fingerprint density at radius 1 is 1.50 bits per heavy atom. The van der Waals surface area contributed by atoms with Crippen LogP contribution < -0.4 is 0 Å². The summed E-state index contributed by atoms with van der Waals surface area (Å²) in [4.78, 5) is 16.2. The Kier molecular flexibility index (Phi) is 2.69. The minimum atomic E-state index is -1.16. The SMILES string of the molecule is CON(C)C(=O)C1(O)CCCC1. The first-order valence-corrected chi connectivity index (χ1v) is 4.15. The summed E-state index contributed by atoms with van der Waals surface area (Å²) in [6, 6.07) is 0. The number of aliphatic hydroxyl groups is 1. The molecule has 4 nitrogen and oxygen atoms in total. The van der Waals surface area contributed by atoms with Crippen molar-refractivity contribution in [3.8, 4) is 0 Å². The highest BCUT2D eigenvalue weighted by Gasteiger charge is 2.40. The van der Waals surface area contributed by atoms with E-state index in [9.17, 15) is 9.90 Å². The van der Waals surface area contributed by atoms with Gasteiger partial charge in [-0.15, -0.1) is 0 Å². The van der Waals surface area contributed by atoms with E-state index in [1.165, 1.54) is 14.2 Å². The summed E-state index contributed by atoms with van der Waals surface area (Å²) in [5.74, 6) is -0.331. The summed E-state index contributed by atoms with van der Waals surface area (Å²) < 4.78 is 0. The fraction of sp³-hybridized carbons (Fsp3) is 0.875. The Hall–Kier alpha value is -0.610. The third-order valence-electron chi connectivity index (χ3n) is 2.39. The second-order valence-electron chi connectivity index (χ2n) is 3.22. The van der Waals surface area contributed by atoms with Crippen LogP contribution in [0, 0.1) is 0 Å². The molecule has 0 spiro atoms. The number of carbonyl (C=O) groups excluding carboxylic acids is 1. The Morgan fingerprint density at radius 3 is 2.42 bits per heavy atom. The van der Waals surface area contributed by atoms with Crippen molar-refractivity contribution in [3.63, 3.8) is 0 Å². The Balaban J connectivity index is 2.61. The Bertz CT molecular complexity index is 175. The smallest absolute Gasteiger partial charge is 0.277 e. The molecule has 0 aromatic rings. The minimum absolute atomic E-state index is 0.331. The first kappa shape index (κ1) is 9.48. The van der Waals surface area contributed by atoms with Gasteiger partial charge in [0, 0.05) is 7.05 Å². The molecule has 1 saturated carbocycles. The predicted octanol–water partition coefficient (Wildman–Crippen LogP) is 0.311. The quantitative estimate of drug-likeness (QED) is 0.611. The van der Waals surface area contributed by atoms with Gasteiger partial charge in [0.25, 0.3) is 5.91 Å². The van der Waals surface area contributed by atoms with E-state index in [0.717, 1.165) is 17.9 Å². The third kappa shape index (κ3) is 1.59. The average Bonchev–Trinajstić information content (AvgIpc) is 2.50. The molecule has 0 unspecified atom stereocenters. The monoisotopic (exact) mass is 173 g/mol. The standard InChI is InChI=1S/C8H15NO3/c1-9(12-2)7(10)8(11)5-3-4-6-8/h11H,3-6H2,1-2H3. The van der Waals surface area contributed by atoms with Crippen LogP contribution in [0.3, 0.4) is 0 Å². The van der Waals surface area contributed by atoms with Crippen LogP contribution in [0.5, 0.6) is 0 Å². The number of nitrogens with zero attached hydrogens (tertiary/aromatic N) is 1. The predicted molar refractivity (Wildman–Crippen MR) is 43.2 cm³/mol. The molecule has 70 valence electrons. The summed E-state index contributed by atoms with van der Waals surface area (Å²) in [7, 11) is 2.93. The van der Waals surface area contributed by atoms with E-state index < -0.39 is 5.60 Å². The second kappa shape index (κ2) is 3.41. The van der Waals surface area contributed by atoms with Crippen molar-refractivity contribution in [1.82, 2.24) is 5.06 Å². The van der Waals surface area contributed by atoms with Gasteiger partial charge in [-0.1, -0.05) is 0 Å². The van der Waals surface area contributed by atoms with Crippen LogP contribution in [0.25, 0.3) is 0 Å². The number of rotatable bonds is 2. The van der Waals surface area contributed by atoms with Crippen molar-refractivity contribution in [2.45, 2.75) is 31.3 Å². The van der Waals surface area contributed by atoms with Crippen molar-refractivity contribution < 1.29 is 14.7 Å². The lowest BCUT2D eigenvalue weighted by Gasteiger charge is -2.25. The highest BCUT2D eigenvalue weighted by molar-refractivity contribution is 5.84. The van der Waals surface area contributed by atoms with Crippen LogP contribution in [-0.4, -0.2) is 35.8 Å². The maximum atomic E-state index is 11.4. The summed E-state index contributed by atoms with van der Waals surface area (Å²) in [6.07, 6.45) is 2.94. The molecule has 0 saturated heterocycles. The minimum Gasteiger partial charge on any atom is -0.380 e. The zero-order chi connectivity index (χ0) is 9.19. The number of hydrogen-bond donors (Lipinski definition) is 1. The number of hydroxylamine groups is 2. The number of hydrogen-bond acceptors (Lipinski definition) is 3. The maximum Gasteiger partial charge on any atom is 0.277 e. The zero-order valence-corrected chi connectivity index (χ0v) is 7.54. The van der Waals surface area contributed by atoms with Gasteiger partial charge in [0.05, 0.1) is 7.11 Å². The van der Waals surface area contributed by atoms with Gasteiger partial charge in [0.15, 0.2) is 0 Å². The molecule has 4 heteroatoms. The molecule has 0 aromatic carbocycles. The highest BCUT2D eigenvalue weighted by atomic mass is 16.7. The molecule has 0 bridgehead atoms. The van der Waals surface area contributed by atoms with E-state index in [1.54, 1.807) is 0 Å². The summed E-state index contributed by atoms with van der Waals surface area (Å²) in [5.41, 5.74) is -1.16. The molecule has 0 atom stereocenters. The van der Waals surface area contributed by atoms with Crippen molar-refractivity contribution in [1.29, 1.82) is 0 Å². The van der Waals surface area contributed by atoms with Crippen LogP contribution in [0.1, 0.15) is 25.7 Å². The maximum absolute atomic E-state index is 11.4. The molecule has 1 aliphatic carbocycles. The largest absolute Gasteiger partial charge is 0.380 e. The molecule has 1 aliphatic rings. The summed E-state index contributed by atoms with van der Waals surface area (Å²) >= 11 is 0. The highest BCUT2D eigenvalue weighted by Crippen LogP contribution is 2.30. The van der Waals surface area contributed by atoms with Gasteiger partial charge in [0.1, 0.15) is 5.60 Å². The fourth-order valence-corrected chi connectivity index (χ4v) is 1.55. The molecule has 0 radical (unpaired) electrons. The topological polar surface area (TPSA) is 49.8 Å². The zero-order valence-electron chi connectivity index (χ0n) is 7.54. The van der Waals surface area contributed by atoms with Gasteiger partial charge in [0.2, 0.25) is 0 Å². The summed E-state index contributed by atoms with van der Waals surface area (Å²) in [5, 5.41) is 10.9. The van der Waals surface area contributed by atoms with E-state index >= 15 is 0 Å². The van der Waals surface area contributed by atoms with Crippen molar-refractivity contribution in [3.05, 3.63) is 0 Å². The van der Waals surface area contributed by atoms with Gasteiger partial charge in [-0.2, -0.15) is 0 Å². The fourth-order valence-electron chi connectivity index (χ4n) is 1.55. The van der Waals surface area contributed by atoms with E-state index in [1.807, 2.05) is 0 Å². The molecule has 12 heavy (non-hydrogen) atoms. The van der Waals surface area contributed by atoms with Crippen molar-refractivity contribution in [2.75, 3.05) is 14.2 Å². The first-order valence-electron chi connectivity index (χ1n) is 4.15. The first-order chi connectivity index (χ1) is 5.60. The van der Waals surface area contributed by atoms with E-state index in [2.05, 4.69) is 0 Å². The second-order valence-corrected chi connectivity index (χ2v) is 3.22. The van der Waals surface area contributed by atoms with E-state index in [-0.39, 0.29) is 5.91 Å². The molecule has 0 aliphatic heterocycles. The van der Waals surface area contributed by atoms with Crippen LogP contribution >= 0.6 is 0 Å². The number of amides is 1. The molecule has 1 fully saturated rings. The lowest BCUT2D eigenvalue weighted by Crippen LogP contribution is -2.45. The molecule has 0 heterocycles. The lowest BCUT2D eigenvalue weighted by molar-refractivity contribution is -0.188. The molecular weight excluding hydrogens is 158 g/mol.